The maximum Gasteiger partial charge on any atom is 0.335 e. The van der Waals surface area contributed by atoms with Crippen molar-refractivity contribution in [3.8, 4) is 17.2 Å². The molecule has 8 rings (SSSR count). The zero-order valence-electron chi connectivity index (χ0n) is 21.2. The number of ether oxygens (including phenoxy) is 1. The van der Waals surface area contributed by atoms with Crippen LogP contribution in [-0.4, -0.2) is 41.4 Å². The molecule has 2 N–H and O–H groups in total. The summed E-state index contributed by atoms with van der Waals surface area (Å²) in [6.45, 7) is 0.504. The van der Waals surface area contributed by atoms with Crippen molar-refractivity contribution in [2.75, 3.05) is 0 Å². The van der Waals surface area contributed by atoms with Gasteiger partial charge in [-0.15, -0.1) is 5.10 Å². The number of H-pyrrole nitrogens is 1. The molecule has 2 aromatic heterocycles. The van der Waals surface area contributed by atoms with E-state index in [0.29, 0.717) is 24.0 Å². The number of carbonyl (C=O) groups is 1. The molecule has 3 aromatic rings. The summed E-state index contributed by atoms with van der Waals surface area (Å²) in [5, 5.41) is 14.1. The minimum atomic E-state index is -0.962. The summed E-state index contributed by atoms with van der Waals surface area (Å²) in [5.41, 5.74) is 2.63. The fraction of sp³-hybridized carbons (Fsp3) is 0.586. The van der Waals surface area contributed by atoms with E-state index in [9.17, 15) is 9.90 Å². The van der Waals surface area contributed by atoms with Gasteiger partial charge in [-0.2, -0.15) is 0 Å². The van der Waals surface area contributed by atoms with Crippen molar-refractivity contribution < 1.29 is 14.6 Å². The van der Waals surface area contributed by atoms with Crippen LogP contribution < -0.4 is 0 Å². The molecule has 5 aliphatic rings. The Balaban J connectivity index is 1.18. The molecule has 1 aromatic carbocycles. The lowest BCUT2D eigenvalue weighted by molar-refractivity contribution is -0.169. The van der Waals surface area contributed by atoms with Crippen LogP contribution in [0, 0.1) is 17.8 Å². The second-order valence-corrected chi connectivity index (χ2v) is 12.0. The lowest BCUT2D eigenvalue weighted by Gasteiger charge is -2.56. The molecule has 0 spiro atoms. The molecule has 194 valence electrons. The lowest BCUT2D eigenvalue weighted by Crippen LogP contribution is -2.51. The van der Waals surface area contributed by atoms with Gasteiger partial charge in [0.05, 0.1) is 29.2 Å². The third-order valence-electron chi connectivity index (χ3n) is 9.35. The average molecular weight is 502 g/mol. The second kappa shape index (κ2) is 9.08. The summed E-state index contributed by atoms with van der Waals surface area (Å²) in [4.78, 5) is 24.7. The number of carboxylic acid groups (broad SMARTS) is 1. The third-order valence-corrected chi connectivity index (χ3v) is 9.35. The van der Waals surface area contributed by atoms with Crippen LogP contribution in [0.3, 0.4) is 0 Å². The predicted molar refractivity (Wildman–Crippen MR) is 137 cm³/mol. The molecule has 0 unspecified atom stereocenters. The Morgan fingerprint density at radius 3 is 2.51 bits per heavy atom. The molecular weight excluding hydrogens is 466 g/mol. The minimum absolute atomic E-state index is 0.0200. The first kappa shape index (κ1) is 23.1. The fourth-order valence-electron chi connectivity index (χ4n) is 8.00. The Labute approximate surface area is 216 Å². The molecule has 0 radical (unpaired) electrons. The van der Waals surface area contributed by atoms with Gasteiger partial charge in [0, 0.05) is 5.92 Å². The van der Waals surface area contributed by atoms with Gasteiger partial charge in [0.2, 0.25) is 5.82 Å². The quantitative estimate of drug-likeness (QED) is 0.418. The Morgan fingerprint density at radius 1 is 1.08 bits per heavy atom. The molecule has 5 aliphatic carbocycles. The third kappa shape index (κ3) is 4.39. The summed E-state index contributed by atoms with van der Waals surface area (Å²) in [6.07, 6.45) is 15.5. The summed E-state index contributed by atoms with van der Waals surface area (Å²) < 4.78 is 8.45. The van der Waals surface area contributed by atoms with Crippen LogP contribution >= 0.6 is 0 Å². The van der Waals surface area contributed by atoms with Gasteiger partial charge in [-0.05, 0) is 87.3 Å². The van der Waals surface area contributed by atoms with Crippen molar-refractivity contribution in [1.29, 1.82) is 0 Å². The highest BCUT2D eigenvalue weighted by Crippen LogP contribution is 2.57. The smallest absolute Gasteiger partial charge is 0.335 e. The molecular formula is C29H35N5O3. The van der Waals surface area contributed by atoms with Gasteiger partial charge in [-0.1, -0.05) is 25.3 Å². The number of hydrogen-bond acceptors (Lipinski definition) is 5. The van der Waals surface area contributed by atoms with Gasteiger partial charge in [0.1, 0.15) is 17.8 Å². The van der Waals surface area contributed by atoms with Crippen molar-refractivity contribution in [2.45, 2.75) is 88.8 Å². The van der Waals surface area contributed by atoms with E-state index in [1.807, 2.05) is 6.07 Å². The Hall–Kier alpha value is -3.00. The molecule has 0 atom stereocenters. The average Bonchev–Trinajstić information content (AvgIpc) is 3.55. The lowest BCUT2D eigenvalue weighted by atomic mass is 9.54. The second-order valence-electron chi connectivity index (χ2n) is 12.0. The zero-order valence-corrected chi connectivity index (χ0v) is 21.2. The molecule has 4 bridgehead atoms. The predicted octanol–water partition coefficient (Wildman–Crippen LogP) is 5.89. The Morgan fingerprint density at radius 2 is 1.81 bits per heavy atom. The van der Waals surface area contributed by atoms with Crippen LogP contribution in [0.25, 0.3) is 17.2 Å². The van der Waals surface area contributed by atoms with Crippen molar-refractivity contribution in [3.05, 3.63) is 47.7 Å². The molecule has 8 heteroatoms. The van der Waals surface area contributed by atoms with E-state index < -0.39 is 5.97 Å². The minimum Gasteiger partial charge on any atom is -0.478 e. The van der Waals surface area contributed by atoms with Gasteiger partial charge in [-0.25, -0.2) is 19.4 Å². The number of aromatic carboxylic acids is 1. The summed E-state index contributed by atoms with van der Waals surface area (Å²) in [5.74, 6) is 3.56. The summed E-state index contributed by atoms with van der Waals surface area (Å²) in [7, 11) is 0. The number of nitrogens with zero attached hydrogens (tertiary/aromatic N) is 4. The van der Waals surface area contributed by atoms with Crippen LogP contribution in [0.15, 0.2) is 30.6 Å². The highest BCUT2D eigenvalue weighted by atomic mass is 16.5. The van der Waals surface area contributed by atoms with Crippen molar-refractivity contribution in [3.63, 3.8) is 0 Å². The first-order valence-electron chi connectivity index (χ1n) is 14.0. The highest BCUT2D eigenvalue weighted by Gasteiger charge is 2.51. The van der Waals surface area contributed by atoms with Crippen LogP contribution in [0.2, 0.25) is 0 Å². The van der Waals surface area contributed by atoms with Crippen molar-refractivity contribution in [1.82, 2.24) is 24.7 Å². The molecule has 5 saturated carbocycles. The largest absolute Gasteiger partial charge is 0.478 e. The SMILES string of the molecule is O=C(O)c1cccc(-n2cnc(-c3nc(C4CCCCC4)[nH]c3COC34CC5CC(CC(C5)C3)C4)n2)c1. The van der Waals surface area contributed by atoms with Crippen molar-refractivity contribution >= 4 is 5.97 Å². The van der Waals surface area contributed by atoms with Gasteiger partial charge >= 0.3 is 5.97 Å². The maximum absolute atomic E-state index is 11.4. The number of benzene rings is 1. The Bertz CT molecular complexity index is 1270. The summed E-state index contributed by atoms with van der Waals surface area (Å²) in [6, 6.07) is 6.74. The number of aromatic nitrogens is 5. The first-order chi connectivity index (χ1) is 18.0. The van der Waals surface area contributed by atoms with E-state index in [1.54, 1.807) is 29.2 Å². The van der Waals surface area contributed by atoms with E-state index in [4.69, 9.17) is 14.8 Å². The van der Waals surface area contributed by atoms with Crippen LogP contribution in [-0.2, 0) is 11.3 Å². The van der Waals surface area contributed by atoms with Crippen LogP contribution in [0.5, 0.6) is 0 Å². The van der Waals surface area contributed by atoms with Crippen molar-refractivity contribution in [2.24, 2.45) is 17.8 Å². The van der Waals surface area contributed by atoms with Gasteiger partial charge in [0.15, 0.2) is 0 Å². The molecule has 2 heterocycles. The van der Waals surface area contributed by atoms with Gasteiger partial charge < -0.3 is 14.8 Å². The number of rotatable bonds is 7. The molecule has 8 nitrogen and oxygen atoms in total. The van der Waals surface area contributed by atoms with E-state index in [-0.39, 0.29) is 11.2 Å². The number of nitrogens with one attached hydrogen (secondary N) is 1. The monoisotopic (exact) mass is 501 g/mol. The van der Waals surface area contributed by atoms with Crippen LogP contribution in [0.1, 0.15) is 98.4 Å². The number of hydrogen-bond donors (Lipinski definition) is 2. The first-order valence-corrected chi connectivity index (χ1v) is 14.0. The highest BCUT2D eigenvalue weighted by molar-refractivity contribution is 5.88. The topological polar surface area (TPSA) is 106 Å². The molecule has 5 fully saturated rings. The van der Waals surface area contributed by atoms with E-state index in [1.165, 1.54) is 57.8 Å². The van der Waals surface area contributed by atoms with Crippen LogP contribution in [0.4, 0.5) is 0 Å². The van der Waals surface area contributed by atoms with E-state index >= 15 is 0 Å². The maximum atomic E-state index is 11.4. The standard InChI is InChI=1S/C29H35N5O3/c35-28(36)22-7-4-8-23(12-22)34-17-30-27(33-34)25-24(31-26(32-25)21-5-2-1-3-6-21)16-37-29-13-18-9-19(14-29)11-20(10-18)15-29/h4,7-8,12,17-21H,1-3,5-6,9-11,13-16H2,(H,31,32)(H,35,36). The number of imidazole rings is 1. The van der Waals surface area contributed by atoms with E-state index in [2.05, 4.69) is 9.97 Å². The fourth-order valence-corrected chi connectivity index (χ4v) is 8.00. The van der Waals surface area contributed by atoms with E-state index in [0.717, 1.165) is 47.8 Å². The molecule has 0 aliphatic heterocycles. The number of carboxylic acids is 1. The molecule has 0 saturated heterocycles. The zero-order chi connectivity index (χ0) is 25.0. The molecule has 37 heavy (non-hydrogen) atoms. The summed E-state index contributed by atoms with van der Waals surface area (Å²) >= 11 is 0. The molecule has 0 amide bonds. The van der Waals surface area contributed by atoms with Gasteiger partial charge in [-0.3, -0.25) is 0 Å². The number of aromatic amines is 1. The normalized spacial score (nSPS) is 29.1. The van der Waals surface area contributed by atoms with Gasteiger partial charge in [0.25, 0.3) is 0 Å². The Kier molecular flexibility index (Phi) is 5.68.